The van der Waals surface area contributed by atoms with Crippen molar-refractivity contribution in [2.24, 2.45) is 5.92 Å². The van der Waals surface area contributed by atoms with Crippen molar-refractivity contribution in [2.45, 2.75) is 38.3 Å². The highest BCUT2D eigenvalue weighted by Crippen LogP contribution is 2.35. The van der Waals surface area contributed by atoms with Crippen LogP contribution >= 0.6 is 0 Å². The number of para-hydroxylation sites is 1. The van der Waals surface area contributed by atoms with Crippen LogP contribution in [0.15, 0.2) is 46.2 Å². The summed E-state index contributed by atoms with van der Waals surface area (Å²) in [4.78, 5) is 39.4. The Morgan fingerprint density at radius 2 is 2.00 bits per heavy atom. The highest BCUT2D eigenvalue weighted by molar-refractivity contribution is 5.77. The lowest BCUT2D eigenvalue weighted by Gasteiger charge is -2.26. The molecule has 0 amide bonds. The summed E-state index contributed by atoms with van der Waals surface area (Å²) in [6.07, 6.45) is 7.24. The Kier molecular flexibility index (Phi) is 3.81. The van der Waals surface area contributed by atoms with Crippen LogP contribution in [-0.2, 0) is 6.54 Å². The lowest BCUT2D eigenvalue weighted by atomic mass is 10.1. The highest BCUT2D eigenvalue weighted by Gasteiger charge is 2.34. The minimum Gasteiger partial charge on any atom is -0.342 e. The Morgan fingerprint density at radius 3 is 2.81 bits per heavy atom. The molecule has 3 aromatic rings. The van der Waals surface area contributed by atoms with Crippen LogP contribution in [0, 0.1) is 5.92 Å². The summed E-state index contributed by atoms with van der Waals surface area (Å²) in [5.74, 6) is 1.71. The zero-order chi connectivity index (χ0) is 18.4. The molecule has 1 aliphatic heterocycles. The second-order valence-corrected chi connectivity index (χ2v) is 7.44. The van der Waals surface area contributed by atoms with Crippen molar-refractivity contribution >= 4 is 16.7 Å². The minimum absolute atomic E-state index is 0.0179. The number of nitrogens with zero attached hydrogens (tertiary/aromatic N) is 4. The Morgan fingerprint density at radius 1 is 1.15 bits per heavy atom. The monoisotopic (exact) mass is 363 g/mol. The third-order valence-corrected chi connectivity index (χ3v) is 5.54. The van der Waals surface area contributed by atoms with Crippen molar-refractivity contribution in [1.29, 1.82) is 0 Å². The average molecular weight is 363 g/mol. The third kappa shape index (κ3) is 2.83. The molecule has 0 bridgehead atoms. The summed E-state index contributed by atoms with van der Waals surface area (Å²) in [5, 5.41) is 0.655. The summed E-state index contributed by atoms with van der Waals surface area (Å²) >= 11 is 0. The number of anilines is 1. The second kappa shape index (κ2) is 6.33. The van der Waals surface area contributed by atoms with Gasteiger partial charge in [0.05, 0.1) is 16.9 Å². The van der Waals surface area contributed by atoms with E-state index in [1.807, 2.05) is 33.7 Å². The van der Waals surface area contributed by atoms with Gasteiger partial charge >= 0.3 is 0 Å². The van der Waals surface area contributed by atoms with Gasteiger partial charge in [0, 0.05) is 25.5 Å². The van der Waals surface area contributed by atoms with Crippen molar-refractivity contribution in [1.82, 2.24) is 19.5 Å². The molecule has 1 saturated heterocycles. The van der Waals surface area contributed by atoms with Gasteiger partial charge in [0.15, 0.2) is 5.82 Å². The van der Waals surface area contributed by atoms with Gasteiger partial charge in [0.2, 0.25) is 0 Å². The number of aromatic nitrogens is 4. The fourth-order valence-electron chi connectivity index (χ4n) is 4.01. The van der Waals surface area contributed by atoms with E-state index in [-0.39, 0.29) is 17.2 Å². The lowest BCUT2D eigenvalue weighted by Crippen LogP contribution is -2.35. The number of nitrogens with one attached hydrogen (secondary N) is 1. The van der Waals surface area contributed by atoms with Crippen molar-refractivity contribution < 1.29 is 0 Å². The maximum absolute atomic E-state index is 13.2. The molecule has 1 unspecified atom stereocenters. The van der Waals surface area contributed by atoms with Gasteiger partial charge in [-0.15, -0.1) is 0 Å². The number of H-pyrrole nitrogens is 1. The minimum atomic E-state index is -0.207. The van der Waals surface area contributed by atoms with Crippen LogP contribution in [-0.4, -0.2) is 26.1 Å². The topological polar surface area (TPSA) is 83.9 Å². The van der Waals surface area contributed by atoms with Gasteiger partial charge in [-0.3, -0.25) is 14.2 Å². The van der Waals surface area contributed by atoms with Gasteiger partial charge in [-0.25, -0.2) is 9.97 Å². The Labute approximate surface area is 155 Å². The Hall–Kier alpha value is -2.96. The molecular formula is C20H21N5O2. The number of rotatable bonds is 4. The second-order valence-electron chi connectivity index (χ2n) is 7.44. The van der Waals surface area contributed by atoms with Gasteiger partial charge in [-0.05, 0) is 43.7 Å². The van der Waals surface area contributed by atoms with Crippen LogP contribution in [0.3, 0.4) is 0 Å². The van der Waals surface area contributed by atoms with E-state index in [0.717, 1.165) is 38.1 Å². The molecule has 3 heterocycles. The molecule has 1 aromatic carbocycles. The van der Waals surface area contributed by atoms with Crippen LogP contribution in [0.2, 0.25) is 0 Å². The quantitative estimate of drug-likeness (QED) is 0.768. The summed E-state index contributed by atoms with van der Waals surface area (Å²) < 4.78 is 1.85. The molecule has 7 nitrogen and oxygen atoms in total. The van der Waals surface area contributed by atoms with Gasteiger partial charge < -0.3 is 9.88 Å². The number of fused-ring (bicyclic) bond motifs is 1. The van der Waals surface area contributed by atoms with Gasteiger partial charge in [-0.1, -0.05) is 12.1 Å². The van der Waals surface area contributed by atoms with E-state index >= 15 is 0 Å². The summed E-state index contributed by atoms with van der Waals surface area (Å²) in [7, 11) is 0. The zero-order valence-electron chi connectivity index (χ0n) is 15.0. The van der Waals surface area contributed by atoms with Crippen molar-refractivity contribution in [3.05, 3.63) is 63.2 Å². The lowest BCUT2D eigenvalue weighted by molar-refractivity contribution is 0.525. The molecule has 1 saturated carbocycles. The first-order valence-corrected chi connectivity index (χ1v) is 9.52. The smallest absolute Gasteiger partial charge is 0.290 e. The maximum Gasteiger partial charge on any atom is 0.290 e. The molecule has 2 aromatic heterocycles. The first kappa shape index (κ1) is 16.2. The summed E-state index contributed by atoms with van der Waals surface area (Å²) in [5.41, 5.74) is 0.525. The first-order chi connectivity index (χ1) is 13.2. The third-order valence-electron chi connectivity index (χ3n) is 5.54. The number of benzene rings is 1. The normalized spacial score (nSPS) is 19.7. The van der Waals surface area contributed by atoms with Crippen LogP contribution < -0.4 is 16.0 Å². The molecule has 138 valence electrons. The largest absolute Gasteiger partial charge is 0.342 e. The molecule has 1 N–H and O–H groups in total. The molecule has 1 atom stereocenters. The molecule has 0 spiro atoms. The average Bonchev–Trinajstić information content (AvgIpc) is 3.38. The van der Waals surface area contributed by atoms with Crippen LogP contribution in [0.5, 0.6) is 0 Å². The van der Waals surface area contributed by atoms with Gasteiger partial charge in [0.1, 0.15) is 5.82 Å². The molecule has 27 heavy (non-hydrogen) atoms. The standard InChI is InChI=1S/C20H21N5O2/c26-19-18(21-9-10-22-19)24-11-3-6-16(24)17-23-15-5-2-1-4-14(15)20(27)25(17)12-13-7-8-13/h1-2,4-5,9-10,13,16H,3,6-8,11-12H2,(H,22,26). The predicted molar refractivity (Wildman–Crippen MR) is 103 cm³/mol. The number of aromatic amines is 1. The first-order valence-electron chi connectivity index (χ1n) is 9.52. The highest BCUT2D eigenvalue weighted by atomic mass is 16.1. The fraction of sp³-hybridized carbons (Fsp3) is 0.400. The van der Waals surface area contributed by atoms with E-state index in [2.05, 4.69) is 9.97 Å². The molecule has 1 aliphatic carbocycles. The van der Waals surface area contributed by atoms with Gasteiger partial charge in [-0.2, -0.15) is 0 Å². The molecule has 2 aliphatic rings. The van der Waals surface area contributed by atoms with Crippen molar-refractivity contribution in [3.63, 3.8) is 0 Å². The van der Waals surface area contributed by atoms with Gasteiger partial charge in [0.25, 0.3) is 11.1 Å². The van der Waals surface area contributed by atoms with Crippen LogP contribution in [0.4, 0.5) is 5.82 Å². The molecule has 0 radical (unpaired) electrons. The van der Waals surface area contributed by atoms with E-state index in [1.54, 1.807) is 6.20 Å². The zero-order valence-corrected chi connectivity index (χ0v) is 15.0. The summed E-state index contributed by atoms with van der Waals surface area (Å²) in [6, 6.07) is 7.39. The van der Waals surface area contributed by atoms with Crippen molar-refractivity contribution in [3.8, 4) is 0 Å². The van der Waals surface area contributed by atoms with Crippen LogP contribution in [0.1, 0.15) is 37.5 Å². The Bertz CT molecular complexity index is 1120. The Balaban J connectivity index is 1.67. The van der Waals surface area contributed by atoms with E-state index in [9.17, 15) is 9.59 Å². The number of hydrogen-bond acceptors (Lipinski definition) is 5. The SMILES string of the molecule is O=c1[nH]ccnc1N1CCCC1c1nc2ccccc2c(=O)n1CC1CC1. The van der Waals surface area contributed by atoms with E-state index in [4.69, 9.17) is 4.98 Å². The molecule has 7 heteroatoms. The van der Waals surface area contributed by atoms with E-state index in [1.165, 1.54) is 6.20 Å². The maximum atomic E-state index is 13.2. The molecular weight excluding hydrogens is 342 g/mol. The molecule has 2 fully saturated rings. The van der Waals surface area contributed by atoms with Crippen LogP contribution in [0.25, 0.3) is 10.9 Å². The van der Waals surface area contributed by atoms with E-state index in [0.29, 0.717) is 29.2 Å². The summed E-state index contributed by atoms with van der Waals surface area (Å²) in [6.45, 7) is 1.44. The number of hydrogen-bond donors (Lipinski definition) is 1. The molecule has 5 rings (SSSR count). The fourth-order valence-corrected chi connectivity index (χ4v) is 4.01. The predicted octanol–water partition coefficient (Wildman–Crippen LogP) is 2.23. The van der Waals surface area contributed by atoms with Crippen molar-refractivity contribution in [2.75, 3.05) is 11.4 Å². The van der Waals surface area contributed by atoms with E-state index < -0.39 is 0 Å².